The maximum absolute atomic E-state index is 12.3. The molecular formula is C19H22ClNO3. The number of benzene rings is 2. The van der Waals surface area contributed by atoms with Crippen molar-refractivity contribution < 1.29 is 14.3 Å². The third kappa shape index (κ3) is 4.65. The number of hydrogen-bond donors (Lipinski definition) is 1. The van der Waals surface area contributed by atoms with Gasteiger partial charge in [-0.05, 0) is 48.7 Å². The molecule has 0 fully saturated rings. The van der Waals surface area contributed by atoms with E-state index in [1.807, 2.05) is 24.3 Å². The molecule has 4 nitrogen and oxygen atoms in total. The predicted octanol–water partition coefficient (Wildman–Crippen LogP) is 4.88. The summed E-state index contributed by atoms with van der Waals surface area (Å²) in [6, 6.07) is 12.8. The molecule has 1 amide bonds. The molecule has 1 N–H and O–H groups in total. The number of nitrogens with one attached hydrogen (secondary N) is 1. The van der Waals surface area contributed by atoms with E-state index in [0.29, 0.717) is 28.1 Å². The summed E-state index contributed by atoms with van der Waals surface area (Å²) in [5, 5.41) is 3.30. The van der Waals surface area contributed by atoms with Gasteiger partial charge in [0.05, 0.1) is 12.8 Å². The van der Waals surface area contributed by atoms with Gasteiger partial charge in [-0.2, -0.15) is 0 Å². The molecule has 0 aliphatic heterocycles. The lowest BCUT2D eigenvalue weighted by atomic mass is 10.0. The minimum absolute atomic E-state index is 0.275. The second-order valence-corrected chi connectivity index (χ2v) is 6.25. The molecule has 5 heteroatoms. The lowest BCUT2D eigenvalue weighted by Gasteiger charge is -2.17. The third-order valence-electron chi connectivity index (χ3n) is 3.65. The van der Waals surface area contributed by atoms with Crippen LogP contribution in [0.3, 0.4) is 0 Å². The molecule has 0 saturated heterocycles. The Bertz CT molecular complexity index is 698. The van der Waals surface area contributed by atoms with Crippen molar-refractivity contribution in [1.82, 2.24) is 0 Å². The van der Waals surface area contributed by atoms with E-state index in [0.717, 1.165) is 0 Å². The summed E-state index contributed by atoms with van der Waals surface area (Å²) in [5.41, 5.74) is 1.74. The van der Waals surface area contributed by atoms with Gasteiger partial charge in [-0.1, -0.05) is 37.6 Å². The third-order valence-corrected chi connectivity index (χ3v) is 3.88. The van der Waals surface area contributed by atoms with E-state index in [1.165, 1.54) is 12.7 Å². The highest BCUT2D eigenvalue weighted by atomic mass is 35.5. The Morgan fingerprint density at radius 3 is 2.33 bits per heavy atom. The fourth-order valence-electron chi connectivity index (χ4n) is 2.20. The molecule has 0 aliphatic rings. The molecule has 0 aliphatic carbocycles. The number of hydrogen-bond acceptors (Lipinski definition) is 3. The molecule has 2 rings (SSSR count). The summed E-state index contributed by atoms with van der Waals surface area (Å²) < 4.78 is 10.9. The fourth-order valence-corrected chi connectivity index (χ4v) is 2.37. The van der Waals surface area contributed by atoms with Gasteiger partial charge in [0.25, 0.3) is 5.91 Å². The number of amides is 1. The molecule has 0 radical (unpaired) electrons. The van der Waals surface area contributed by atoms with Gasteiger partial charge in [0.15, 0.2) is 6.10 Å². The summed E-state index contributed by atoms with van der Waals surface area (Å²) in [7, 11) is 1.54. The van der Waals surface area contributed by atoms with Gasteiger partial charge >= 0.3 is 0 Å². The van der Waals surface area contributed by atoms with Crippen LogP contribution in [-0.4, -0.2) is 19.1 Å². The normalized spacial score (nSPS) is 11.9. The van der Waals surface area contributed by atoms with Gasteiger partial charge in [-0.25, -0.2) is 0 Å². The number of anilines is 1. The molecule has 0 bridgehead atoms. The van der Waals surface area contributed by atoms with Crippen molar-refractivity contribution in [3.05, 3.63) is 53.1 Å². The molecule has 1 atom stereocenters. The van der Waals surface area contributed by atoms with Crippen molar-refractivity contribution in [2.75, 3.05) is 12.4 Å². The van der Waals surface area contributed by atoms with E-state index in [-0.39, 0.29) is 5.91 Å². The van der Waals surface area contributed by atoms with Crippen molar-refractivity contribution in [1.29, 1.82) is 0 Å². The second-order valence-electron chi connectivity index (χ2n) is 5.82. The summed E-state index contributed by atoms with van der Waals surface area (Å²) in [5.74, 6) is 1.37. The highest BCUT2D eigenvalue weighted by molar-refractivity contribution is 6.31. The first-order valence-corrected chi connectivity index (χ1v) is 8.19. The van der Waals surface area contributed by atoms with E-state index in [4.69, 9.17) is 21.1 Å². The van der Waals surface area contributed by atoms with Crippen LogP contribution in [0.4, 0.5) is 5.69 Å². The van der Waals surface area contributed by atoms with Gasteiger partial charge in [0.1, 0.15) is 11.5 Å². The van der Waals surface area contributed by atoms with Crippen LogP contribution in [0, 0.1) is 0 Å². The van der Waals surface area contributed by atoms with Crippen LogP contribution >= 0.6 is 11.6 Å². The van der Waals surface area contributed by atoms with Gasteiger partial charge in [0.2, 0.25) is 0 Å². The van der Waals surface area contributed by atoms with Gasteiger partial charge < -0.3 is 14.8 Å². The number of halogens is 1. The Morgan fingerprint density at radius 1 is 1.08 bits per heavy atom. The Hall–Kier alpha value is -2.20. The summed E-state index contributed by atoms with van der Waals surface area (Å²) in [6.07, 6.45) is -0.654. The van der Waals surface area contributed by atoms with Crippen molar-refractivity contribution >= 4 is 23.2 Å². The zero-order valence-electron chi connectivity index (χ0n) is 14.3. The smallest absolute Gasteiger partial charge is 0.265 e. The lowest BCUT2D eigenvalue weighted by molar-refractivity contribution is -0.122. The average Bonchev–Trinajstić information content (AvgIpc) is 2.55. The van der Waals surface area contributed by atoms with E-state index in [9.17, 15) is 4.79 Å². The number of carbonyl (C=O) groups is 1. The van der Waals surface area contributed by atoms with Crippen molar-refractivity contribution in [3.8, 4) is 11.5 Å². The molecule has 2 aromatic carbocycles. The number of ether oxygens (including phenoxy) is 2. The Balaban J connectivity index is 2.03. The predicted molar refractivity (Wildman–Crippen MR) is 97.3 cm³/mol. The maximum Gasteiger partial charge on any atom is 0.265 e. The van der Waals surface area contributed by atoms with E-state index >= 15 is 0 Å². The average molecular weight is 348 g/mol. The van der Waals surface area contributed by atoms with Crippen LogP contribution in [0.25, 0.3) is 0 Å². The highest BCUT2D eigenvalue weighted by Gasteiger charge is 2.17. The number of carbonyl (C=O) groups excluding carboxylic acids is 1. The maximum atomic E-state index is 12.3. The Kier molecular flexibility index (Phi) is 6.10. The van der Waals surface area contributed by atoms with Crippen LogP contribution in [0.5, 0.6) is 11.5 Å². The number of methoxy groups -OCH3 is 1. The minimum Gasteiger partial charge on any atom is -0.495 e. The van der Waals surface area contributed by atoms with Crippen molar-refractivity contribution in [3.63, 3.8) is 0 Å². The molecule has 2 aromatic rings. The molecule has 0 aromatic heterocycles. The Labute approximate surface area is 147 Å². The molecule has 0 saturated carbocycles. The van der Waals surface area contributed by atoms with E-state index in [1.54, 1.807) is 25.1 Å². The van der Waals surface area contributed by atoms with Crippen LogP contribution in [0.15, 0.2) is 42.5 Å². The summed E-state index contributed by atoms with van der Waals surface area (Å²) in [6.45, 7) is 5.96. The van der Waals surface area contributed by atoms with Gasteiger partial charge in [0, 0.05) is 5.02 Å². The monoisotopic (exact) mass is 347 g/mol. The largest absolute Gasteiger partial charge is 0.495 e. The van der Waals surface area contributed by atoms with Crippen LogP contribution in [0.1, 0.15) is 32.3 Å². The molecular weight excluding hydrogens is 326 g/mol. The first-order valence-electron chi connectivity index (χ1n) is 7.81. The molecule has 0 spiro atoms. The van der Waals surface area contributed by atoms with Crippen LogP contribution < -0.4 is 14.8 Å². The van der Waals surface area contributed by atoms with Gasteiger partial charge in [-0.15, -0.1) is 0 Å². The van der Waals surface area contributed by atoms with Crippen LogP contribution in [0.2, 0.25) is 5.02 Å². The van der Waals surface area contributed by atoms with Gasteiger partial charge in [-0.3, -0.25) is 4.79 Å². The van der Waals surface area contributed by atoms with E-state index < -0.39 is 6.10 Å². The zero-order chi connectivity index (χ0) is 17.7. The zero-order valence-corrected chi connectivity index (χ0v) is 15.1. The molecule has 0 heterocycles. The van der Waals surface area contributed by atoms with Crippen LogP contribution in [-0.2, 0) is 4.79 Å². The molecule has 1 unspecified atom stereocenters. The molecule has 24 heavy (non-hydrogen) atoms. The SMILES string of the molecule is COc1ccc(Cl)cc1NC(=O)C(C)Oc1ccc(C(C)C)cc1. The van der Waals surface area contributed by atoms with E-state index in [2.05, 4.69) is 19.2 Å². The van der Waals surface area contributed by atoms with Crippen molar-refractivity contribution in [2.45, 2.75) is 32.8 Å². The second kappa shape index (κ2) is 8.06. The standard InChI is InChI=1S/C19H22ClNO3/c1-12(2)14-5-8-16(9-6-14)24-13(3)19(22)21-17-11-15(20)7-10-18(17)23-4/h5-13H,1-4H3,(H,21,22). The molecule has 128 valence electrons. The quantitative estimate of drug-likeness (QED) is 0.810. The lowest BCUT2D eigenvalue weighted by Crippen LogP contribution is -2.30. The summed E-state index contributed by atoms with van der Waals surface area (Å²) >= 11 is 5.97. The first-order chi connectivity index (χ1) is 11.4. The van der Waals surface area contributed by atoms with Crippen molar-refractivity contribution in [2.24, 2.45) is 0 Å². The topological polar surface area (TPSA) is 47.6 Å². The highest BCUT2D eigenvalue weighted by Crippen LogP contribution is 2.28. The Morgan fingerprint density at radius 2 is 1.75 bits per heavy atom. The first kappa shape index (κ1) is 18.1. The number of rotatable bonds is 6. The fraction of sp³-hybridized carbons (Fsp3) is 0.316. The summed E-state index contributed by atoms with van der Waals surface area (Å²) in [4.78, 5) is 12.3. The minimum atomic E-state index is -0.654.